The maximum absolute atomic E-state index is 13.9. The van der Waals surface area contributed by atoms with Crippen molar-refractivity contribution in [1.82, 2.24) is 19.6 Å². The van der Waals surface area contributed by atoms with Gasteiger partial charge in [0.15, 0.2) is 0 Å². The molecule has 4 heterocycles. The molecule has 4 atom stereocenters. The number of likely N-dealkylation sites (N-methyl/N-ethyl adjacent to an activating group) is 2. The molecule has 0 aromatic heterocycles. The molecule has 4 aliphatic rings. The van der Waals surface area contributed by atoms with E-state index in [1.807, 2.05) is 58.3 Å². The second-order valence-electron chi connectivity index (χ2n) is 10.6. The maximum Gasteiger partial charge on any atom is 0.254 e. The fourth-order valence-corrected chi connectivity index (χ4v) is 6.64. The number of carbonyl (C=O) groups is 2. The largest absolute Gasteiger partial charge is 0.336 e. The van der Waals surface area contributed by atoms with E-state index in [2.05, 4.69) is 23.9 Å². The molecule has 4 bridgehead atoms. The van der Waals surface area contributed by atoms with Gasteiger partial charge in [0.2, 0.25) is 0 Å². The summed E-state index contributed by atoms with van der Waals surface area (Å²) in [5, 5.41) is 0. The Morgan fingerprint density at radius 3 is 1.71 bits per heavy atom. The smallest absolute Gasteiger partial charge is 0.254 e. The number of likely N-dealkylation sites (tertiary alicyclic amines) is 2. The van der Waals surface area contributed by atoms with Crippen molar-refractivity contribution in [3.63, 3.8) is 0 Å². The summed E-state index contributed by atoms with van der Waals surface area (Å²) in [7, 11) is 4.36. The summed E-state index contributed by atoms with van der Waals surface area (Å²) in [4.78, 5) is 36.4. The first-order valence-corrected chi connectivity index (χ1v) is 12.7. The van der Waals surface area contributed by atoms with Crippen LogP contribution in [-0.2, 0) is 0 Å². The van der Waals surface area contributed by atoms with Crippen LogP contribution in [0.25, 0.3) is 11.1 Å². The third-order valence-electron chi connectivity index (χ3n) is 8.85. The topological polar surface area (TPSA) is 47.1 Å². The molecule has 2 amide bonds. The van der Waals surface area contributed by atoms with Crippen molar-refractivity contribution in [1.29, 1.82) is 0 Å². The summed E-state index contributed by atoms with van der Waals surface area (Å²) in [6.07, 6.45) is 4.63. The fraction of sp³-hybridized carbons (Fsp3) is 0.500. The highest BCUT2D eigenvalue weighted by Gasteiger charge is 2.41. The third kappa shape index (κ3) is 3.64. The first-order valence-electron chi connectivity index (χ1n) is 12.7. The number of benzene rings is 2. The van der Waals surface area contributed by atoms with Gasteiger partial charge in [0.05, 0.1) is 0 Å². The number of amides is 2. The lowest BCUT2D eigenvalue weighted by Crippen LogP contribution is -2.54. The molecule has 2 aromatic rings. The van der Waals surface area contributed by atoms with Gasteiger partial charge in [-0.2, -0.15) is 0 Å². The van der Waals surface area contributed by atoms with Crippen LogP contribution in [0.2, 0.25) is 0 Å². The summed E-state index contributed by atoms with van der Waals surface area (Å²) in [6.45, 7) is 3.08. The molecule has 0 radical (unpaired) electrons. The quantitative estimate of drug-likeness (QED) is 0.709. The Morgan fingerprint density at radius 1 is 0.676 bits per heavy atom. The molecule has 0 N–H and O–H groups in total. The summed E-state index contributed by atoms with van der Waals surface area (Å²) >= 11 is 0. The molecule has 178 valence electrons. The lowest BCUT2D eigenvalue weighted by Gasteiger charge is -2.39. The molecule has 6 nitrogen and oxygen atoms in total. The predicted octanol–water partition coefficient (Wildman–Crippen LogP) is 3.19. The molecule has 6 heteroatoms. The van der Waals surface area contributed by atoms with Crippen LogP contribution in [-0.4, -0.2) is 95.9 Å². The second-order valence-corrected chi connectivity index (χ2v) is 10.6. The van der Waals surface area contributed by atoms with Crippen molar-refractivity contribution in [2.45, 2.75) is 49.9 Å². The highest BCUT2D eigenvalue weighted by molar-refractivity contribution is 6.04. The van der Waals surface area contributed by atoms with Crippen molar-refractivity contribution in [3.05, 3.63) is 59.7 Å². The van der Waals surface area contributed by atoms with E-state index < -0.39 is 0 Å². The van der Waals surface area contributed by atoms with E-state index in [0.717, 1.165) is 63.0 Å². The lowest BCUT2D eigenvalue weighted by molar-refractivity contribution is 0.0520. The Kier molecular flexibility index (Phi) is 5.46. The number of nitrogens with zero attached hydrogens (tertiary/aromatic N) is 4. The third-order valence-corrected chi connectivity index (χ3v) is 8.85. The van der Waals surface area contributed by atoms with Crippen LogP contribution in [0.3, 0.4) is 0 Å². The van der Waals surface area contributed by atoms with Crippen molar-refractivity contribution >= 4 is 11.8 Å². The van der Waals surface area contributed by atoms with Gasteiger partial charge in [-0.05, 0) is 63.0 Å². The van der Waals surface area contributed by atoms with Gasteiger partial charge in [-0.3, -0.25) is 19.4 Å². The Morgan fingerprint density at radius 2 is 1.18 bits per heavy atom. The first kappa shape index (κ1) is 21.8. The zero-order valence-corrected chi connectivity index (χ0v) is 20.2. The molecule has 0 saturated carbocycles. The van der Waals surface area contributed by atoms with Gasteiger partial charge >= 0.3 is 0 Å². The van der Waals surface area contributed by atoms with Crippen molar-refractivity contribution in [2.75, 3.05) is 40.3 Å². The van der Waals surface area contributed by atoms with Crippen molar-refractivity contribution < 1.29 is 9.59 Å². The van der Waals surface area contributed by atoms with Gasteiger partial charge in [0, 0.05) is 61.5 Å². The SMILES string of the molecule is CN1C2CCC1CN(C(=O)c1ccc(-c3ccccc3)c(C(=O)N3CC4CCC(C3)N4C)c1)C2. The van der Waals surface area contributed by atoms with Crippen LogP contribution in [0.1, 0.15) is 46.4 Å². The monoisotopic (exact) mass is 458 g/mol. The molecule has 0 aliphatic carbocycles. The normalized spacial score (nSPS) is 29.0. The number of piperazine rings is 2. The summed E-state index contributed by atoms with van der Waals surface area (Å²) < 4.78 is 0. The van der Waals surface area contributed by atoms with Crippen LogP contribution in [0, 0.1) is 0 Å². The van der Waals surface area contributed by atoms with Gasteiger partial charge in [0.25, 0.3) is 11.8 Å². The Bertz CT molecular complexity index is 1070. The van der Waals surface area contributed by atoms with Gasteiger partial charge in [-0.15, -0.1) is 0 Å². The first-order chi connectivity index (χ1) is 16.5. The highest BCUT2D eigenvalue weighted by atomic mass is 16.2. The molecule has 2 aromatic carbocycles. The molecule has 6 rings (SSSR count). The van der Waals surface area contributed by atoms with Crippen LogP contribution >= 0.6 is 0 Å². The Balaban J connectivity index is 1.33. The van der Waals surface area contributed by atoms with Gasteiger partial charge in [0.1, 0.15) is 0 Å². The number of hydrogen-bond acceptors (Lipinski definition) is 4. The van der Waals surface area contributed by atoms with E-state index in [1.54, 1.807) is 0 Å². The number of fused-ring (bicyclic) bond motifs is 4. The summed E-state index contributed by atoms with van der Waals surface area (Å²) in [6, 6.07) is 17.6. The molecule has 0 spiro atoms. The minimum atomic E-state index is 0.0527. The fourth-order valence-electron chi connectivity index (χ4n) is 6.64. The van der Waals surface area contributed by atoms with E-state index in [-0.39, 0.29) is 11.8 Å². The Labute approximate surface area is 202 Å². The van der Waals surface area contributed by atoms with Crippen LogP contribution in [0.4, 0.5) is 0 Å². The standard InChI is InChI=1S/C28H34N4O2/c1-29-21-9-10-22(29)16-31(15-21)27(33)20-8-13-25(19-6-4-3-5-7-19)26(14-20)28(34)32-17-23-11-12-24(18-32)30(23)2/h3-8,13-14,21-24H,9-12,15-18H2,1-2H3. The lowest BCUT2D eigenvalue weighted by atomic mass is 9.95. The number of carbonyl (C=O) groups excluding carboxylic acids is 2. The molecule has 4 fully saturated rings. The van der Waals surface area contributed by atoms with Gasteiger partial charge in [-0.25, -0.2) is 0 Å². The van der Waals surface area contributed by atoms with E-state index in [1.165, 1.54) is 0 Å². The maximum atomic E-state index is 13.9. The van der Waals surface area contributed by atoms with E-state index in [4.69, 9.17) is 0 Å². The Hall–Kier alpha value is -2.70. The molecule has 34 heavy (non-hydrogen) atoms. The van der Waals surface area contributed by atoms with Crippen molar-refractivity contribution in [2.24, 2.45) is 0 Å². The van der Waals surface area contributed by atoms with E-state index in [0.29, 0.717) is 35.3 Å². The minimum absolute atomic E-state index is 0.0527. The minimum Gasteiger partial charge on any atom is -0.336 e. The average molecular weight is 459 g/mol. The van der Waals surface area contributed by atoms with E-state index >= 15 is 0 Å². The van der Waals surface area contributed by atoms with Gasteiger partial charge < -0.3 is 9.80 Å². The predicted molar refractivity (Wildman–Crippen MR) is 133 cm³/mol. The van der Waals surface area contributed by atoms with Crippen LogP contribution in [0.15, 0.2) is 48.5 Å². The molecule has 4 unspecified atom stereocenters. The van der Waals surface area contributed by atoms with Crippen molar-refractivity contribution in [3.8, 4) is 11.1 Å². The zero-order valence-electron chi connectivity index (χ0n) is 20.2. The second kappa shape index (κ2) is 8.51. The van der Waals surface area contributed by atoms with Gasteiger partial charge in [-0.1, -0.05) is 36.4 Å². The molecule has 4 saturated heterocycles. The average Bonchev–Trinajstić information content (AvgIpc) is 3.19. The molecule has 4 aliphatic heterocycles. The van der Waals surface area contributed by atoms with Crippen LogP contribution < -0.4 is 0 Å². The molecular formula is C28H34N4O2. The highest BCUT2D eigenvalue weighted by Crippen LogP contribution is 2.33. The van der Waals surface area contributed by atoms with E-state index in [9.17, 15) is 9.59 Å². The number of hydrogen-bond donors (Lipinski definition) is 0. The summed E-state index contributed by atoms with van der Waals surface area (Å²) in [5.74, 6) is 0.106. The van der Waals surface area contributed by atoms with Crippen LogP contribution in [0.5, 0.6) is 0 Å². The summed E-state index contributed by atoms with van der Waals surface area (Å²) in [5.41, 5.74) is 3.20. The zero-order chi connectivity index (χ0) is 23.4. The molecular weight excluding hydrogens is 424 g/mol. The number of rotatable bonds is 3.